The van der Waals surface area contributed by atoms with Crippen LogP contribution in [-0.2, 0) is 19.1 Å². The predicted molar refractivity (Wildman–Crippen MR) is 117 cm³/mol. The summed E-state index contributed by atoms with van der Waals surface area (Å²) in [5.41, 5.74) is 2.26. The molecule has 3 aromatic carbocycles. The second-order valence-electron chi connectivity index (χ2n) is 7.15. The molecule has 0 aliphatic rings. The van der Waals surface area contributed by atoms with Crippen molar-refractivity contribution in [1.29, 1.82) is 0 Å². The molecule has 4 rings (SSSR count). The van der Waals surface area contributed by atoms with E-state index in [0.717, 1.165) is 17.7 Å². The van der Waals surface area contributed by atoms with E-state index >= 15 is 0 Å². The Hall–Kier alpha value is -2.76. The van der Waals surface area contributed by atoms with Gasteiger partial charge in [0.05, 0.1) is 16.3 Å². The molecule has 4 aromatic rings. The van der Waals surface area contributed by atoms with Crippen molar-refractivity contribution in [3.63, 3.8) is 0 Å². The van der Waals surface area contributed by atoms with Crippen LogP contribution in [0.15, 0.2) is 79.0 Å². The van der Waals surface area contributed by atoms with Gasteiger partial charge in [-0.3, -0.25) is 0 Å². The average Bonchev–Trinajstić information content (AvgIpc) is 3.10. The SMILES string of the molecule is FC(F)(F)c1cccc(Cc2nc(-c3ccc(Cl)cc3Cl)cn2Cc2ccccc2)c1. The molecular weight excluding hydrogens is 444 g/mol. The zero-order valence-corrected chi connectivity index (χ0v) is 17.7. The minimum atomic E-state index is -4.39. The van der Waals surface area contributed by atoms with E-state index in [2.05, 4.69) is 0 Å². The highest BCUT2D eigenvalue weighted by atomic mass is 35.5. The number of imidazole rings is 1. The van der Waals surface area contributed by atoms with Crippen molar-refractivity contribution in [2.24, 2.45) is 0 Å². The smallest absolute Gasteiger partial charge is 0.330 e. The molecule has 0 atom stereocenters. The number of nitrogens with zero attached hydrogens (tertiary/aromatic N) is 2. The third kappa shape index (κ3) is 5.12. The van der Waals surface area contributed by atoms with Crippen molar-refractivity contribution in [3.8, 4) is 11.3 Å². The molecular formula is C24H17Cl2F3N2. The van der Waals surface area contributed by atoms with E-state index < -0.39 is 11.7 Å². The summed E-state index contributed by atoms with van der Waals surface area (Å²) in [5.74, 6) is 0.643. The van der Waals surface area contributed by atoms with Crippen LogP contribution in [0.4, 0.5) is 13.2 Å². The number of rotatable bonds is 5. The molecule has 0 unspecified atom stereocenters. The zero-order chi connectivity index (χ0) is 22.0. The summed E-state index contributed by atoms with van der Waals surface area (Å²) in [7, 11) is 0. The minimum absolute atomic E-state index is 0.252. The topological polar surface area (TPSA) is 17.8 Å². The lowest BCUT2D eigenvalue weighted by molar-refractivity contribution is -0.137. The quantitative estimate of drug-likeness (QED) is 0.301. The van der Waals surface area contributed by atoms with Gasteiger partial charge in [-0.25, -0.2) is 4.98 Å². The van der Waals surface area contributed by atoms with E-state index in [1.54, 1.807) is 24.3 Å². The average molecular weight is 461 g/mol. The first-order valence-electron chi connectivity index (χ1n) is 9.51. The number of halogens is 5. The molecule has 0 saturated heterocycles. The monoisotopic (exact) mass is 460 g/mol. The summed E-state index contributed by atoms with van der Waals surface area (Å²) < 4.78 is 41.3. The first-order chi connectivity index (χ1) is 14.8. The number of hydrogen-bond donors (Lipinski definition) is 0. The van der Waals surface area contributed by atoms with Gasteiger partial charge < -0.3 is 4.57 Å². The summed E-state index contributed by atoms with van der Waals surface area (Å²) in [6.45, 7) is 0.535. The Kier molecular flexibility index (Phi) is 6.08. The Labute approximate surface area is 187 Å². The fraction of sp³-hybridized carbons (Fsp3) is 0.125. The molecule has 1 heterocycles. The molecule has 158 valence electrons. The van der Waals surface area contributed by atoms with Crippen LogP contribution in [0.25, 0.3) is 11.3 Å². The second-order valence-corrected chi connectivity index (χ2v) is 8.00. The van der Waals surface area contributed by atoms with Gasteiger partial charge in [0.15, 0.2) is 0 Å². The van der Waals surface area contributed by atoms with E-state index in [4.69, 9.17) is 28.2 Å². The molecule has 0 radical (unpaired) electrons. The van der Waals surface area contributed by atoms with Gasteiger partial charge >= 0.3 is 6.18 Å². The fourth-order valence-corrected chi connectivity index (χ4v) is 3.88. The van der Waals surface area contributed by atoms with E-state index in [1.807, 2.05) is 41.1 Å². The lowest BCUT2D eigenvalue weighted by Gasteiger charge is -2.10. The van der Waals surface area contributed by atoms with Crippen LogP contribution in [-0.4, -0.2) is 9.55 Å². The Bertz CT molecular complexity index is 1200. The first-order valence-corrected chi connectivity index (χ1v) is 10.3. The van der Waals surface area contributed by atoms with Gasteiger partial charge in [0.2, 0.25) is 0 Å². The van der Waals surface area contributed by atoms with Gasteiger partial charge in [0.1, 0.15) is 5.82 Å². The molecule has 0 aliphatic carbocycles. The molecule has 0 aliphatic heterocycles. The van der Waals surface area contributed by atoms with Crippen molar-refractivity contribution in [1.82, 2.24) is 9.55 Å². The van der Waals surface area contributed by atoms with Gasteiger partial charge in [-0.15, -0.1) is 0 Å². The Balaban J connectivity index is 1.74. The van der Waals surface area contributed by atoms with E-state index in [0.29, 0.717) is 39.2 Å². The number of benzene rings is 3. The van der Waals surface area contributed by atoms with Crippen LogP contribution in [0.1, 0.15) is 22.5 Å². The van der Waals surface area contributed by atoms with Crippen molar-refractivity contribution >= 4 is 23.2 Å². The highest BCUT2D eigenvalue weighted by Crippen LogP contribution is 2.32. The molecule has 7 heteroatoms. The summed E-state index contributed by atoms with van der Waals surface area (Å²) in [4.78, 5) is 4.71. The largest absolute Gasteiger partial charge is 0.416 e. The highest BCUT2D eigenvalue weighted by molar-refractivity contribution is 6.36. The highest BCUT2D eigenvalue weighted by Gasteiger charge is 2.30. The minimum Gasteiger partial charge on any atom is -0.330 e. The molecule has 0 spiro atoms. The standard InChI is InChI=1S/C24H17Cl2F3N2/c25-19-9-10-20(21(26)13-19)22-15-31(14-16-5-2-1-3-6-16)23(30-22)12-17-7-4-8-18(11-17)24(27,28)29/h1-11,13,15H,12,14H2. The van der Waals surface area contributed by atoms with Crippen LogP contribution in [0.2, 0.25) is 10.0 Å². The number of alkyl halides is 3. The molecule has 0 amide bonds. The summed E-state index contributed by atoms with van der Waals surface area (Å²) in [5, 5.41) is 0.976. The zero-order valence-electron chi connectivity index (χ0n) is 16.2. The fourth-order valence-electron chi connectivity index (χ4n) is 3.38. The Morgan fingerprint density at radius 1 is 0.839 bits per heavy atom. The molecule has 0 saturated carbocycles. The third-order valence-corrected chi connectivity index (χ3v) is 5.43. The summed E-state index contributed by atoms with van der Waals surface area (Å²) in [6.07, 6.45) is -2.27. The maximum Gasteiger partial charge on any atom is 0.416 e. The molecule has 31 heavy (non-hydrogen) atoms. The van der Waals surface area contributed by atoms with Gasteiger partial charge in [0.25, 0.3) is 0 Å². The van der Waals surface area contributed by atoms with Gasteiger partial charge in [0, 0.05) is 29.7 Å². The maximum atomic E-state index is 13.1. The molecule has 0 fully saturated rings. The lowest BCUT2D eigenvalue weighted by Crippen LogP contribution is -2.07. The van der Waals surface area contributed by atoms with Crippen LogP contribution in [0.3, 0.4) is 0 Å². The van der Waals surface area contributed by atoms with Crippen molar-refractivity contribution in [3.05, 3.63) is 112 Å². The lowest BCUT2D eigenvalue weighted by atomic mass is 10.1. The molecule has 0 bridgehead atoms. The van der Waals surface area contributed by atoms with Gasteiger partial charge in [-0.05, 0) is 35.4 Å². The Morgan fingerprint density at radius 3 is 2.29 bits per heavy atom. The van der Waals surface area contributed by atoms with Gasteiger partial charge in [-0.2, -0.15) is 13.2 Å². The third-order valence-electron chi connectivity index (χ3n) is 4.88. The molecule has 1 aromatic heterocycles. The summed E-state index contributed by atoms with van der Waals surface area (Å²) >= 11 is 12.4. The van der Waals surface area contributed by atoms with Crippen LogP contribution < -0.4 is 0 Å². The van der Waals surface area contributed by atoms with Gasteiger partial charge in [-0.1, -0.05) is 71.7 Å². The first kappa shape index (κ1) is 21.5. The normalized spacial score (nSPS) is 11.6. The van der Waals surface area contributed by atoms with Crippen LogP contribution in [0, 0.1) is 0 Å². The second kappa shape index (κ2) is 8.77. The summed E-state index contributed by atoms with van der Waals surface area (Å²) in [6, 6.07) is 20.3. The van der Waals surface area contributed by atoms with Crippen LogP contribution >= 0.6 is 23.2 Å². The molecule has 0 N–H and O–H groups in total. The van der Waals surface area contributed by atoms with E-state index in [9.17, 15) is 13.2 Å². The Morgan fingerprint density at radius 2 is 1.58 bits per heavy atom. The van der Waals surface area contributed by atoms with Crippen molar-refractivity contribution < 1.29 is 13.2 Å². The van der Waals surface area contributed by atoms with E-state index in [-0.39, 0.29) is 6.42 Å². The predicted octanol–water partition coefficient (Wildman–Crippen LogP) is 7.51. The van der Waals surface area contributed by atoms with Crippen molar-refractivity contribution in [2.75, 3.05) is 0 Å². The van der Waals surface area contributed by atoms with Crippen molar-refractivity contribution in [2.45, 2.75) is 19.1 Å². The maximum absolute atomic E-state index is 13.1. The number of aromatic nitrogens is 2. The molecule has 2 nitrogen and oxygen atoms in total. The van der Waals surface area contributed by atoms with Crippen LogP contribution in [0.5, 0.6) is 0 Å². The number of hydrogen-bond acceptors (Lipinski definition) is 1. The van der Waals surface area contributed by atoms with E-state index in [1.165, 1.54) is 6.07 Å².